The topological polar surface area (TPSA) is 44.5 Å². The Hall–Kier alpha value is -1.13. The second kappa shape index (κ2) is 5.02. The molecule has 2 rings (SSSR count). The molecule has 2 N–H and O–H groups in total. The number of halogens is 1. The van der Waals surface area contributed by atoms with Crippen molar-refractivity contribution in [3.05, 3.63) is 29.6 Å². The second-order valence-corrected chi connectivity index (χ2v) is 4.53. The Balaban J connectivity index is 2.21. The van der Waals surface area contributed by atoms with Crippen molar-refractivity contribution in [1.29, 1.82) is 0 Å². The largest absolute Gasteiger partial charge is 0.494 e. The van der Waals surface area contributed by atoms with E-state index in [1.165, 1.54) is 7.11 Å². The lowest BCUT2D eigenvalue weighted by molar-refractivity contribution is 0.118. The van der Waals surface area contributed by atoms with E-state index in [2.05, 4.69) is 0 Å². The minimum atomic E-state index is -0.359. The summed E-state index contributed by atoms with van der Waals surface area (Å²) >= 11 is 0. The number of rotatable bonds is 3. The van der Waals surface area contributed by atoms with Crippen molar-refractivity contribution in [2.24, 2.45) is 11.7 Å². The predicted octanol–water partition coefficient (Wildman–Crippen LogP) is 2.26. The summed E-state index contributed by atoms with van der Waals surface area (Å²) in [7, 11) is 1.45. The summed E-state index contributed by atoms with van der Waals surface area (Å²) < 4.78 is 24.5. The smallest absolute Gasteiger partial charge is 0.169 e. The highest BCUT2D eigenvalue weighted by Gasteiger charge is 2.30. The summed E-state index contributed by atoms with van der Waals surface area (Å²) in [5.74, 6) is 0.0542. The van der Waals surface area contributed by atoms with E-state index < -0.39 is 0 Å². The number of hydrogen-bond acceptors (Lipinski definition) is 3. The van der Waals surface area contributed by atoms with E-state index in [0.717, 1.165) is 6.42 Å². The molecule has 0 bridgehead atoms. The van der Waals surface area contributed by atoms with E-state index in [9.17, 15) is 4.39 Å². The van der Waals surface area contributed by atoms with Gasteiger partial charge in [-0.2, -0.15) is 0 Å². The lowest BCUT2D eigenvalue weighted by Gasteiger charge is -2.19. The maximum Gasteiger partial charge on any atom is 0.169 e. The maximum atomic E-state index is 14.0. The van der Waals surface area contributed by atoms with E-state index in [1.54, 1.807) is 18.2 Å². The van der Waals surface area contributed by atoms with Crippen LogP contribution < -0.4 is 10.5 Å². The van der Waals surface area contributed by atoms with E-state index >= 15 is 0 Å². The maximum absolute atomic E-state index is 14.0. The van der Waals surface area contributed by atoms with Gasteiger partial charge in [0.1, 0.15) is 0 Å². The Kier molecular flexibility index (Phi) is 3.64. The van der Waals surface area contributed by atoms with Crippen LogP contribution in [0.15, 0.2) is 18.2 Å². The first-order valence-electron chi connectivity index (χ1n) is 5.83. The molecule has 17 heavy (non-hydrogen) atoms. The van der Waals surface area contributed by atoms with Gasteiger partial charge in [0, 0.05) is 17.5 Å². The lowest BCUT2D eigenvalue weighted by atomic mass is 9.91. The van der Waals surface area contributed by atoms with Crippen LogP contribution in [0.3, 0.4) is 0 Å². The highest BCUT2D eigenvalue weighted by molar-refractivity contribution is 5.33. The summed E-state index contributed by atoms with van der Waals surface area (Å²) in [6.45, 7) is 2.60. The molecule has 3 nitrogen and oxygen atoms in total. The van der Waals surface area contributed by atoms with Gasteiger partial charge in [-0.1, -0.05) is 12.1 Å². The fourth-order valence-electron chi connectivity index (χ4n) is 2.30. The van der Waals surface area contributed by atoms with E-state index in [0.29, 0.717) is 12.2 Å². The molecule has 1 fully saturated rings. The Bertz CT molecular complexity index is 397. The van der Waals surface area contributed by atoms with Crippen LogP contribution in [0, 0.1) is 11.7 Å². The van der Waals surface area contributed by atoms with Crippen LogP contribution in [0.25, 0.3) is 0 Å². The monoisotopic (exact) mass is 239 g/mol. The van der Waals surface area contributed by atoms with Crippen LogP contribution in [-0.4, -0.2) is 19.8 Å². The van der Waals surface area contributed by atoms with Crippen LogP contribution in [0.2, 0.25) is 0 Å². The molecule has 0 radical (unpaired) electrons. The molecule has 1 aromatic rings. The average Bonchev–Trinajstić information content (AvgIpc) is 2.75. The van der Waals surface area contributed by atoms with Gasteiger partial charge in [-0.3, -0.25) is 0 Å². The highest BCUT2D eigenvalue weighted by Crippen LogP contribution is 2.33. The zero-order valence-corrected chi connectivity index (χ0v) is 10.2. The molecular formula is C13H18FNO2. The molecule has 0 amide bonds. The van der Waals surface area contributed by atoms with Crippen molar-refractivity contribution >= 4 is 0 Å². The van der Waals surface area contributed by atoms with Crippen LogP contribution >= 0.6 is 0 Å². The number of hydrogen-bond donors (Lipinski definition) is 1. The molecule has 0 aliphatic carbocycles. The summed E-state index contributed by atoms with van der Waals surface area (Å²) in [6.07, 6.45) is 1.08. The van der Waals surface area contributed by atoms with Gasteiger partial charge < -0.3 is 15.2 Å². The van der Waals surface area contributed by atoms with Crippen molar-refractivity contribution in [1.82, 2.24) is 0 Å². The zero-order chi connectivity index (χ0) is 12.4. The van der Waals surface area contributed by atoms with Gasteiger partial charge in [-0.15, -0.1) is 0 Å². The van der Waals surface area contributed by atoms with Gasteiger partial charge in [-0.25, -0.2) is 4.39 Å². The third-order valence-electron chi connectivity index (χ3n) is 3.31. The molecule has 0 saturated carbocycles. The minimum absolute atomic E-state index is 0.173. The zero-order valence-electron chi connectivity index (χ0n) is 10.2. The van der Waals surface area contributed by atoms with E-state index in [-0.39, 0.29) is 29.6 Å². The van der Waals surface area contributed by atoms with Crippen LogP contribution in [0.1, 0.15) is 24.9 Å². The molecule has 3 unspecified atom stereocenters. The second-order valence-electron chi connectivity index (χ2n) is 4.53. The fourth-order valence-corrected chi connectivity index (χ4v) is 2.30. The first-order chi connectivity index (χ1) is 8.13. The third-order valence-corrected chi connectivity index (χ3v) is 3.31. The number of nitrogens with two attached hydrogens (primary N) is 1. The normalized spacial score (nSPS) is 25.9. The Morgan fingerprint density at radius 2 is 2.29 bits per heavy atom. The first-order valence-corrected chi connectivity index (χ1v) is 5.83. The standard InChI is InChI=1S/C13H18FNO2/c1-8-6-9(7-17-8)13(15)10-4-3-5-11(16-2)12(10)14/h3-5,8-9,13H,6-7,15H2,1-2H3. The van der Waals surface area contributed by atoms with Crippen molar-refractivity contribution < 1.29 is 13.9 Å². The van der Waals surface area contributed by atoms with Gasteiger partial charge in [0.15, 0.2) is 11.6 Å². The predicted molar refractivity (Wildman–Crippen MR) is 63.4 cm³/mol. The highest BCUT2D eigenvalue weighted by atomic mass is 19.1. The van der Waals surface area contributed by atoms with Crippen LogP contribution in [-0.2, 0) is 4.74 Å². The molecule has 1 aromatic carbocycles. The first kappa shape index (κ1) is 12.3. The summed E-state index contributed by atoms with van der Waals surface area (Å²) in [5.41, 5.74) is 6.62. The molecule has 3 atom stereocenters. The SMILES string of the molecule is COc1cccc(C(N)C2COC(C)C2)c1F. The number of methoxy groups -OCH3 is 1. The van der Waals surface area contributed by atoms with Crippen molar-refractivity contribution in [2.75, 3.05) is 13.7 Å². The molecule has 94 valence electrons. The van der Waals surface area contributed by atoms with Gasteiger partial charge in [0.05, 0.1) is 19.8 Å². The molecule has 1 saturated heterocycles. The fraction of sp³-hybridized carbons (Fsp3) is 0.538. The van der Waals surface area contributed by atoms with Gasteiger partial charge >= 0.3 is 0 Å². The molecule has 1 aliphatic rings. The van der Waals surface area contributed by atoms with Crippen LogP contribution in [0.4, 0.5) is 4.39 Å². The Labute approximate surface area is 101 Å². The van der Waals surface area contributed by atoms with Gasteiger partial charge in [0.2, 0.25) is 0 Å². The number of ether oxygens (including phenoxy) is 2. The third kappa shape index (κ3) is 2.42. The van der Waals surface area contributed by atoms with Crippen molar-refractivity contribution in [3.8, 4) is 5.75 Å². The molecule has 0 aromatic heterocycles. The van der Waals surface area contributed by atoms with E-state index in [1.807, 2.05) is 6.92 Å². The molecule has 1 aliphatic heterocycles. The van der Waals surface area contributed by atoms with Crippen molar-refractivity contribution in [3.63, 3.8) is 0 Å². The summed E-state index contributed by atoms with van der Waals surface area (Å²) in [4.78, 5) is 0. The van der Waals surface area contributed by atoms with Crippen molar-refractivity contribution in [2.45, 2.75) is 25.5 Å². The van der Waals surface area contributed by atoms with Gasteiger partial charge in [0.25, 0.3) is 0 Å². The molecule has 4 heteroatoms. The summed E-state index contributed by atoms with van der Waals surface area (Å²) in [6, 6.07) is 4.73. The van der Waals surface area contributed by atoms with Gasteiger partial charge in [-0.05, 0) is 19.4 Å². The van der Waals surface area contributed by atoms with E-state index in [4.69, 9.17) is 15.2 Å². The van der Waals surface area contributed by atoms with Crippen LogP contribution in [0.5, 0.6) is 5.75 Å². The average molecular weight is 239 g/mol. The lowest BCUT2D eigenvalue weighted by Crippen LogP contribution is -2.23. The Morgan fingerprint density at radius 3 is 2.88 bits per heavy atom. The molecule has 1 heterocycles. The minimum Gasteiger partial charge on any atom is -0.494 e. The molecule has 0 spiro atoms. The quantitative estimate of drug-likeness (QED) is 0.880. The number of benzene rings is 1. The Morgan fingerprint density at radius 1 is 1.53 bits per heavy atom. The molecular weight excluding hydrogens is 221 g/mol. The summed E-state index contributed by atoms with van der Waals surface area (Å²) in [5, 5.41) is 0.